The fourth-order valence-electron chi connectivity index (χ4n) is 5.99. The van der Waals surface area contributed by atoms with E-state index in [2.05, 4.69) is 47.9 Å². The van der Waals surface area contributed by atoms with Gasteiger partial charge in [-0.1, -0.05) is 30.3 Å². The molecule has 2 amide bonds. The second-order valence-corrected chi connectivity index (χ2v) is 8.06. The van der Waals surface area contributed by atoms with Crippen LogP contribution in [0.2, 0.25) is 0 Å². The van der Waals surface area contributed by atoms with Crippen LogP contribution in [0, 0.1) is 17.3 Å². The van der Waals surface area contributed by atoms with Gasteiger partial charge >= 0.3 is 0 Å². The standard InChI is InChI=1S/C21H29N3O2/c1-3-24(18(26)13-23-17(25)12-22-2)20-16-10-9-15-11-21(15,16)19(20)14-7-5-4-6-8-14/h4-8,15-16,19-20,22H,3,9-13H2,1-2H3,(H,23,25). The fourth-order valence-corrected chi connectivity index (χ4v) is 5.99. The van der Waals surface area contributed by atoms with Crippen molar-refractivity contribution in [3.05, 3.63) is 35.9 Å². The number of nitrogens with zero attached hydrogens (tertiary/aromatic N) is 1. The first-order chi connectivity index (χ1) is 12.6. The first kappa shape index (κ1) is 17.5. The summed E-state index contributed by atoms with van der Waals surface area (Å²) in [6.07, 6.45) is 3.89. The molecule has 0 aromatic heterocycles. The van der Waals surface area contributed by atoms with Gasteiger partial charge in [-0.05, 0) is 56.0 Å². The average molecular weight is 355 g/mol. The second kappa shape index (κ2) is 6.69. The average Bonchev–Trinajstić information content (AvgIpc) is 3.31. The highest BCUT2D eigenvalue weighted by Crippen LogP contribution is 2.81. The zero-order valence-electron chi connectivity index (χ0n) is 15.7. The van der Waals surface area contributed by atoms with E-state index >= 15 is 0 Å². The van der Waals surface area contributed by atoms with Crippen molar-refractivity contribution in [2.45, 2.75) is 38.1 Å². The van der Waals surface area contributed by atoms with E-state index in [4.69, 9.17) is 0 Å². The van der Waals surface area contributed by atoms with Crippen LogP contribution in [0.15, 0.2) is 30.3 Å². The van der Waals surface area contributed by atoms with Crippen LogP contribution in [0.25, 0.3) is 0 Å². The molecule has 1 aromatic carbocycles. The summed E-state index contributed by atoms with van der Waals surface area (Å²) < 4.78 is 0. The summed E-state index contributed by atoms with van der Waals surface area (Å²) in [5.41, 5.74) is 1.83. The first-order valence-corrected chi connectivity index (χ1v) is 9.89. The fraction of sp³-hybridized carbons (Fsp3) is 0.619. The number of benzene rings is 1. The predicted octanol–water partition coefficient (Wildman–Crippen LogP) is 1.75. The summed E-state index contributed by atoms with van der Waals surface area (Å²) >= 11 is 0. The van der Waals surface area contributed by atoms with Gasteiger partial charge in [-0.15, -0.1) is 0 Å². The number of carbonyl (C=O) groups excluding carboxylic acids is 2. The maximum Gasteiger partial charge on any atom is 0.242 e. The molecule has 5 unspecified atom stereocenters. The molecular formula is C21H29N3O2. The summed E-state index contributed by atoms with van der Waals surface area (Å²) in [6.45, 7) is 3.09. The molecule has 5 heteroatoms. The number of hydrogen-bond acceptors (Lipinski definition) is 3. The molecule has 4 rings (SSSR count). The summed E-state index contributed by atoms with van der Waals surface area (Å²) in [7, 11) is 1.73. The highest BCUT2D eigenvalue weighted by atomic mass is 16.2. The van der Waals surface area contributed by atoms with Crippen LogP contribution in [0.3, 0.4) is 0 Å². The molecule has 3 aliphatic rings. The third kappa shape index (κ3) is 2.56. The smallest absolute Gasteiger partial charge is 0.242 e. The zero-order chi connectivity index (χ0) is 18.3. The van der Waals surface area contributed by atoms with Gasteiger partial charge in [0.25, 0.3) is 0 Å². The Hall–Kier alpha value is -1.88. The minimum absolute atomic E-state index is 0.0434. The highest BCUT2D eigenvalue weighted by molar-refractivity contribution is 5.86. The molecule has 0 heterocycles. The van der Waals surface area contributed by atoms with Gasteiger partial charge in [-0.2, -0.15) is 0 Å². The van der Waals surface area contributed by atoms with E-state index in [1.165, 1.54) is 24.8 Å². The molecule has 0 bridgehead atoms. The SMILES string of the molecule is CCN(C(=O)CNC(=O)CNC)C1C2CCC3CC32C1c1ccccc1. The second-order valence-electron chi connectivity index (χ2n) is 8.06. The molecule has 3 fully saturated rings. The van der Waals surface area contributed by atoms with Gasteiger partial charge in [0.2, 0.25) is 11.8 Å². The highest BCUT2D eigenvalue weighted by Gasteiger charge is 2.77. The maximum atomic E-state index is 12.9. The van der Waals surface area contributed by atoms with Crippen LogP contribution in [-0.2, 0) is 9.59 Å². The van der Waals surface area contributed by atoms with Crippen molar-refractivity contribution in [3.8, 4) is 0 Å². The largest absolute Gasteiger partial charge is 0.346 e. The van der Waals surface area contributed by atoms with E-state index < -0.39 is 0 Å². The van der Waals surface area contributed by atoms with Crippen LogP contribution in [0.4, 0.5) is 0 Å². The number of nitrogens with one attached hydrogen (secondary N) is 2. The third-order valence-electron chi connectivity index (χ3n) is 7.00. The van der Waals surface area contributed by atoms with E-state index in [1.54, 1.807) is 7.05 Å². The normalized spacial score (nSPS) is 33.6. The lowest BCUT2D eigenvalue weighted by Crippen LogP contribution is -2.61. The van der Waals surface area contributed by atoms with E-state index in [-0.39, 0.29) is 30.9 Å². The van der Waals surface area contributed by atoms with Gasteiger partial charge in [-0.3, -0.25) is 9.59 Å². The van der Waals surface area contributed by atoms with Crippen LogP contribution in [0.5, 0.6) is 0 Å². The minimum Gasteiger partial charge on any atom is -0.346 e. The van der Waals surface area contributed by atoms with Crippen molar-refractivity contribution < 1.29 is 9.59 Å². The third-order valence-corrected chi connectivity index (χ3v) is 7.00. The molecule has 3 aliphatic carbocycles. The van der Waals surface area contributed by atoms with Crippen LogP contribution in [0.1, 0.15) is 37.7 Å². The van der Waals surface area contributed by atoms with Gasteiger partial charge in [0.15, 0.2) is 0 Å². The lowest BCUT2D eigenvalue weighted by Gasteiger charge is -2.56. The maximum absolute atomic E-state index is 12.9. The van der Waals surface area contributed by atoms with Crippen molar-refractivity contribution in [1.82, 2.24) is 15.5 Å². The molecular weight excluding hydrogens is 326 g/mol. The van der Waals surface area contributed by atoms with E-state index in [0.29, 0.717) is 23.8 Å². The summed E-state index contributed by atoms with van der Waals surface area (Å²) in [5, 5.41) is 5.55. The van der Waals surface area contributed by atoms with Crippen molar-refractivity contribution in [1.29, 1.82) is 0 Å². The lowest BCUT2D eigenvalue weighted by atomic mass is 9.55. The Kier molecular flexibility index (Phi) is 4.51. The summed E-state index contributed by atoms with van der Waals surface area (Å²) in [5.74, 6) is 1.86. The van der Waals surface area contributed by atoms with Crippen molar-refractivity contribution in [3.63, 3.8) is 0 Å². The molecule has 3 saturated carbocycles. The number of rotatable bonds is 7. The molecule has 5 atom stereocenters. The quantitative estimate of drug-likeness (QED) is 0.783. The van der Waals surface area contributed by atoms with Crippen molar-refractivity contribution in [2.24, 2.45) is 17.3 Å². The molecule has 1 spiro atoms. The van der Waals surface area contributed by atoms with Crippen LogP contribution in [-0.4, -0.2) is 49.4 Å². The van der Waals surface area contributed by atoms with Crippen molar-refractivity contribution >= 4 is 11.8 Å². The van der Waals surface area contributed by atoms with Crippen LogP contribution >= 0.6 is 0 Å². The van der Waals surface area contributed by atoms with Crippen molar-refractivity contribution in [2.75, 3.05) is 26.7 Å². The van der Waals surface area contributed by atoms with E-state index in [0.717, 1.165) is 5.92 Å². The summed E-state index contributed by atoms with van der Waals surface area (Å²) in [4.78, 5) is 26.6. The Balaban J connectivity index is 1.52. The van der Waals surface area contributed by atoms with Gasteiger partial charge in [-0.25, -0.2) is 0 Å². The molecule has 26 heavy (non-hydrogen) atoms. The molecule has 0 aliphatic heterocycles. The Morgan fingerprint density at radius 3 is 2.62 bits per heavy atom. The molecule has 2 N–H and O–H groups in total. The molecule has 0 radical (unpaired) electrons. The molecule has 5 nitrogen and oxygen atoms in total. The van der Waals surface area contributed by atoms with E-state index in [1.807, 2.05) is 4.90 Å². The number of likely N-dealkylation sites (N-methyl/N-ethyl adjacent to an activating group) is 2. The predicted molar refractivity (Wildman–Crippen MR) is 101 cm³/mol. The Morgan fingerprint density at radius 2 is 1.96 bits per heavy atom. The minimum atomic E-state index is -0.135. The lowest BCUT2D eigenvalue weighted by molar-refractivity contribution is -0.142. The first-order valence-electron chi connectivity index (χ1n) is 9.89. The Labute approximate surface area is 155 Å². The monoisotopic (exact) mass is 355 g/mol. The van der Waals surface area contributed by atoms with Gasteiger partial charge in [0.1, 0.15) is 0 Å². The Bertz CT molecular complexity index is 692. The zero-order valence-corrected chi connectivity index (χ0v) is 15.7. The summed E-state index contributed by atoms with van der Waals surface area (Å²) in [6, 6.07) is 11.0. The van der Waals surface area contributed by atoms with Gasteiger partial charge in [0.05, 0.1) is 13.1 Å². The topological polar surface area (TPSA) is 61.4 Å². The van der Waals surface area contributed by atoms with Gasteiger partial charge < -0.3 is 15.5 Å². The number of carbonyl (C=O) groups is 2. The number of hydrogen-bond donors (Lipinski definition) is 2. The number of amides is 2. The molecule has 0 saturated heterocycles. The molecule has 140 valence electrons. The Morgan fingerprint density at radius 1 is 1.19 bits per heavy atom. The van der Waals surface area contributed by atoms with E-state index in [9.17, 15) is 9.59 Å². The van der Waals surface area contributed by atoms with Gasteiger partial charge in [0, 0.05) is 18.5 Å². The van der Waals surface area contributed by atoms with Crippen LogP contribution < -0.4 is 10.6 Å². The molecule has 1 aromatic rings.